The Kier molecular flexibility index (Phi) is 5.26. The molecule has 0 N–H and O–H groups in total. The Hall–Kier alpha value is -3.16. The van der Waals surface area contributed by atoms with Crippen molar-refractivity contribution >= 4 is 40.1 Å². The highest BCUT2D eigenvalue weighted by Crippen LogP contribution is 2.52. The molecule has 1 aromatic heterocycles. The van der Waals surface area contributed by atoms with Crippen LogP contribution in [0.3, 0.4) is 0 Å². The van der Waals surface area contributed by atoms with Crippen molar-refractivity contribution in [2.75, 3.05) is 31.7 Å². The van der Waals surface area contributed by atoms with Crippen LogP contribution in [0, 0.1) is 0 Å². The van der Waals surface area contributed by atoms with Crippen molar-refractivity contribution in [1.82, 2.24) is 4.90 Å². The van der Waals surface area contributed by atoms with E-state index in [0.717, 1.165) is 6.42 Å². The minimum atomic E-state index is -1.58. The molecule has 3 heterocycles. The van der Waals surface area contributed by atoms with Gasteiger partial charge in [0.15, 0.2) is 11.0 Å². The number of hydrogen-bond donors (Lipinski definition) is 0. The highest BCUT2D eigenvalue weighted by Gasteiger charge is 2.64. The number of hydrogen-bond acceptors (Lipinski definition) is 5. The van der Waals surface area contributed by atoms with Crippen LogP contribution in [0.5, 0.6) is 0 Å². The van der Waals surface area contributed by atoms with Crippen LogP contribution in [-0.4, -0.2) is 43.5 Å². The van der Waals surface area contributed by atoms with Crippen molar-refractivity contribution in [3.8, 4) is 0 Å². The van der Waals surface area contributed by atoms with E-state index in [1.54, 1.807) is 24.1 Å². The molecule has 0 radical (unpaired) electrons. The lowest BCUT2D eigenvalue weighted by atomic mass is 9.84. The van der Waals surface area contributed by atoms with E-state index in [4.69, 9.17) is 20.8 Å². The minimum absolute atomic E-state index is 0.0655. The summed E-state index contributed by atoms with van der Waals surface area (Å²) in [5, 5.41) is 0.613. The zero-order valence-corrected chi connectivity index (χ0v) is 19.1. The molecule has 0 saturated heterocycles. The molecule has 5 rings (SSSR count). The Labute approximate surface area is 195 Å². The molecule has 2 amide bonds. The Morgan fingerprint density at radius 2 is 1.88 bits per heavy atom. The second kappa shape index (κ2) is 8.01. The van der Waals surface area contributed by atoms with Gasteiger partial charge in [-0.2, -0.15) is 0 Å². The Bertz CT molecular complexity index is 1350. The molecule has 0 fully saturated rings. The molecule has 0 saturated carbocycles. The monoisotopic (exact) mass is 466 g/mol. The van der Waals surface area contributed by atoms with Gasteiger partial charge in [-0.15, -0.1) is 0 Å². The summed E-state index contributed by atoms with van der Waals surface area (Å²) in [7, 11) is 1.58. The van der Waals surface area contributed by atoms with Gasteiger partial charge in [0.2, 0.25) is 5.76 Å². The predicted molar refractivity (Wildman–Crippen MR) is 125 cm³/mol. The van der Waals surface area contributed by atoms with Gasteiger partial charge < -0.3 is 19.0 Å². The lowest BCUT2D eigenvalue weighted by molar-refractivity contribution is -0.126. The van der Waals surface area contributed by atoms with Gasteiger partial charge in [-0.3, -0.25) is 14.4 Å². The highest BCUT2D eigenvalue weighted by atomic mass is 35.5. The lowest BCUT2D eigenvalue weighted by Gasteiger charge is -2.34. The summed E-state index contributed by atoms with van der Waals surface area (Å²) in [6.07, 6.45) is 1.23. The summed E-state index contributed by atoms with van der Waals surface area (Å²) in [6, 6.07) is 12.0. The van der Waals surface area contributed by atoms with E-state index in [0.29, 0.717) is 35.8 Å². The predicted octanol–water partition coefficient (Wildman–Crippen LogP) is 3.94. The van der Waals surface area contributed by atoms with E-state index in [2.05, 4.69) is 0 Å². The number of carbonyl (C=O) groups is 2. The van der Waals surface area contributed by atoms with Crippen molar-refractivity contribution in [2.45, 2.75) is 25.3 Å². The van der Waals surface area contributed by atoms with E-state index < -0.39 is 16.9 Å². The van der Waals surface area contributed by atoms with Gasteiger partial charge in [-0.05, 0) is 37.1 Å². The molecule has 1 atom stereocenters. The number of rotatable bonds is 6. The topological polar surface area (TPSA) is 80.1 Å². The molecular weight excluding hydrogens is 444 g/mol. The molecule has 2 aromatic carbocycles. The minimum Gasteiger partial charge on any atom is -0.450 e. The molecule has 33 heavy (non-hydrogen) atoms. The van der Waals surface area contributed by atoms with Gasteiger partial charge >= 0.3 is 0 Å². The Morgan fingerprint density at radius 1 is 1.09 bits per heavy atom. The molecular formula is C25H23ClN2O5. The second-order valence-corrected chi connectivity index (χ2v) is 8.70. The first kappa shape index (κ1) is 21.7. The molecule has 0 bridgehead atoms. The van der Waals surface area contributed by atoms with E-state index in [9.17, 15) is 14.4 Å². The third kappa shape index (κ3) is 2.89. The van der Waals surface area contributed by atoms with Crippen LogP contribution in [0.25, 0.3) is 11.0 Å². The van der Waals surface area contributed by atoms with Crippen LogP contribution >= 0.6 is 11.6 Å². The largest absolute Gasteiger partial charge is 0.450 e. The first-order valence-corrected chi connectivity index (χ1v) is 11.3. The fourth-order valence-electron chi connectivity index (χ4n) is 5.08. The smallest absolute Gasteiger partial charge is 0.291 e. The summed E-state index contributed by atoms with van der Waals surface area (Å²) in [5.74, 6) is -0.881. The first-order valence-electron chi connectivity index (χ1n) is 11.0. The Balaban J connectivity index is 1.86. The van der Waals surface area contributed by atoms with E-state index in [-0.39, 0.29) is 34.7 Å². The number of anilines is 1. The zero-order valence-electron chi connectivity index (χ0n) is 18.4. The molecule has 3 aromatic rings. The van der Waals surface area contributed by atoms with Gasteiger partial charge in [0.05, 0.1) is 16.6 Å². The molecule has 8 heteroatoms. The van der Waals surface area contributed by atoms with Crippen molar-refractivity contribution in [3.63, 3.8) is 0 Å². The standard InChI is InChI=1S/C25H23ClN2O5/c1-3-11-27-18-8-5-4-7-17(18)25(24(27)31)20-21(29)16-14-15(26)9-10-19(16)33-22(20)23(30)28(25)12-6-13-32-2/h4-5,7-10,14H,3,6,11-13H2,1-2H3. The summed E-state index contributed by atoms with van der Waals surface area (Å²) in [6.45, 7) is 3.09. The van der Waals surface area contributed by atoms with Crippen LogP contribution in [-0.2, 0) is 15.1 Å². The van der Waals surface area contributed by atoms with Crippen LogP contribution < -0.4 is 10.3 Å². The number of carbonyl (C=O) groups excluding carboxylic acids is 2. The molecule has 2 aliphatic heterocycles. The van der Waals surface area contributed by atoms with Crippen LogP contribution in [0.4, 0.5) is 5.69 Å². The fourth-order valence-corrected chi connectivity index (χ4v) is 5.25. The maximum absolute atomic E-state index is 14.2. The van der Waals surface area contributed by atoms with Gasteiger partial charge in [-0.25, -0.2) is 0 Å². The average molecular weight is 467 g/mol. The average Bonchev–Trinajstić information content (AvgIpc) is 3.20. The summed E-state index contributed by atoms with van der Waals surface area (Å²) in [4.78, 5) is 44.9. The number of halogens is 1. The van der Waals surface area contributed by atoms with Crippen molar-refractivity contribution in [1.29, 1.82) is 0 Å². The van der Waals surface area contributed by atoms with Gasteiger partial charge in [-0.1, -0.05) is 36.7 Å². The highest BCUT2D eigenvalue weighted by molar-refractivity contribution is 6.31. The number of fused-ring (bicyclic) bond motifs is 5. The fraction of sp³-hybridized carbons (Fsp3) is 0.320. The molecule has 0 aliphatic carbocycles. The number of para-hydroxylation sites is 1. The quantitative estimate of drug-likeness (QED) is 0.514. The third-order valence-corrected chi connectivity index (χ3v) is 6.61. The van der Waals surface area contributed by atoms with E-state index in [1.807, 2.05) is 31.2 Å². The number of benzene rings is 2. The summed E-state index contributed by atoms with van der Waals surface area (Å²) in [5.41, 5.74) is -0.361. The summed E-state index contributed by atoms with van der Waals surface area (Å²) < 4.78 is 11.2. The van der Waals surface area contributed by atoms with Crippen molar-refractivity contribution < 1.29 is 18.7 Å². The van der Waals surface area contributed by atoms with E-state index in [1.165, 1.54) is 11.0 Å². The SMILES string of the molecule is CCCN1C(=O)C2(c3ccccc31)c1c(oc3ccc(Cl)cc3c1=O)C(=O)N2CCCOC. The van der Waals surface area contributed by atoms with Crippen molar-refractivity contribution in [3.05, 3.63) is 74.6 Å². The van der Waals surface area contributed by atoms with E-state index >= 15 is 0 Å². The number of ether oxygens (including phenoxy) is 1. The molecule has 7 nitrogen and oxygen atoms in total. The van der Waals surface area contributed by atoms with Gasteiger partial charge in [0, 0.05) is 37.4 Å². The summed E-state index contributed by atoms with van der Waals surface area (Å²) >= 11 is 6.16. The number of nitrogens with zero attached hydrogens (tertiary/aromatic N) is 2. The lowest BCUT2D eigenvalue weighted by Crippen LogP contribution is -2.53. The van der Waals surface area contributed by atoms with Crippen LogP contribution in [0.15, 0.2) is 51.7 Å². The maximum Gasteiger partial charge on any atom is 0.291 e. The molecule has 1 spiro atoms. The maximum atomic E-state index is 14.2. The van der Waals surface area contributed by atoms with Gasteiger partial charge in [0.25, 0.3) is 11.8 Å². The molecule has 2 aliphatic rings. The Morgan fingerprint density at radius 3 is 2.64 bits per heavy atom. The third-order valence-electron chi connectivity index (χ3n) is 6.38. The second-order valence-electron chi connectivity index (χ2n) is 8.26. The molecule has 170 valence electrons. The first-order chi connectivity index (χ1) is 16.0. The zero-order chi connectivity index (χ0) is 23.3. The number of methoxy groups -OCH3 is 1. The normalized spacial score (nSPS) is 19.1. The van der Waals surface area contributed by atoms with Crippen molar-refractivity contribution in [2.24, 2.45) is 0 Å². The number of amides is 2. The van der Waals surface area contributed by atoms with Crippen LogP contribution in [0.1, 0.15) is 41.4 Å². The van der Waals surface area contributed by atoms with Gasteiger partial charge in [0.1, 0.15) is 5.58 Å². The molecule has 1 unspecified atom stereocenters. The van der Waals surface area contributed by atoms with Crippen LogP contribution in [0.2, 0.25) is 5.02 Å².